The van der Waals surface area contributed by atoms with Gasteiger partial charge < -0.3 is 20.7 Å². The molecule has 0 atom stereocenters. The van der Waals surface area contributed by atoms with Gasteiger partial charge in [0.25, 0.3) is 0 Å². The molecule has 1 amide bonds. The van der Waals surface area contributed by atoms with Gasteiger partial charge in [0.2, 0.25) is 5.91 Å². The van der Waals surface area contributed by atoms with Crippen LogP contribution in [0.2, 0.25) is 0 Å². The number of nitrogens with zero attached hydrogens (tertiary/aromatic N) is 1. The summed E-state index contributed by atoms with van der Waals surface area (Å²) in [5, 5.41) is 3.27. The molecule has 0 aromatic heterocycles. The van der Waals surface area contributed by atoms with Crippen LogP contribution in [0.4, 0.5) is 0 Å². The highest BCUT2D eigenvalue weighted by molar-refractivity contribution is 5.84. The zero-order valence-corrected chi connectivity index (χ0v) is 11.2. The Kier molecular flexibility index (Phi) is 5.36. The first kappa shape index (κ1) is 14.4. The van der Waals surface area contributed by atoms with E-state index in [2.05, 4.69) is 24.1 Å². The maximum Gasteiger partial charge on any atom is 0.237 e. The molecule has 5 nitrogen and oxygen atoms in total. The lowest BCUT2D eigenvalue weighted by Gasteiger charge is -2.41. The van der Waals surface area contributed by atoms with Gasteiger partial charge in [0.1, 0.15) is 5.54 Å². The Morgan fingerprint density at radius 1 is 1.47 bits per heavy atom. The minimum Gasteiger partial charge on any atom is -0.383 e. The van der Waals surface area contributed by atoms with Crippen molar-refractivity contribution in [3.05, 3.63) is 0 Å². The minimum atomic E-state index is -0.538. The van der Waals surface area contributed by atoms with Gasteiger partial charge in [-0.15, -0.1) is 0 Å². The van der Waals surface area contributed by atoms with Crippen LogP contribution in [0.3, 0.4) is 0 Å². The van der Waals surface area contributed by atoms with Gasteiger partial charge >= 0.3 is 0 Å². The first-order chi connectivity index (χ1) is 8.02. The Hall–Kier alpha value is -0.650. The van der Waals surface area contributed by atoms with E-state index in [-0.39, 0.29) is 5.91 Å². The molecule has 0 aromatic carbocycles. The topological polar surface area (TPSA) is 67.6 Å². The molecule has 0 saturated carbocycles. The Morgan fingerprint density at radius 2 is 2.06 bits per heavy atom. The molecule has 100 valence electrons. The normalized spacial score (nSPS) is 20.7. The van der Waals surface area contributed by atoms with Crippen LogP contribution in [0.1, 0.15) is 26.7 Å². The fourth-order valence-corrected chi connectivity index (χ4v) is 2.32. The predicted octanol–water partition coefficient (Wildman–Crippen LogP) is -0.0493. The van der Waals surface area contributed by atoms with Crippen molar-refractivity contribution < 1.29 is 9.53 Å². The number of carbonyl (C=O) groups excluding carboxylic acids is 1. The molecule has 0 aromatic rings. The quantitative estimate of drug-likeness (QED) is 0.642. The molecule has 5 heteroatoms. The SMILES string of the molecule is COCCNC1(C(N)=O)CCN(C(C)C)CC1. The third-order valence-corrected chi connectivity index (χ3v) is 3.62. The Balaban J connectivity index is 2.54. The highest BCUT2D eigenvalue weighted by Gasteiger charge is 2.39. The lowest BCUT2D eigenvalue weighted by atomic mass is 9.86. The van der Waals surface area contributed by atoms with Crippen molar-refractivity contribution in [2.45, 2.75) is 38.3 Å². The first-order valence-electron chi connectivity index (χ1n) is 6.30. The summed E-state index contributed by atoms with van der Waals surface area (Å²) in [7, 11) is 1.65. The third-order valence-electron chi connectivity index (χ3n) is 3.62. The van der Waals surface area contributed by atoms with E-state index in [9.17, 15) is 4.79 Å². The number of nitrogens with one attached hydrogen (secondary N) is 1. The fraction of sp³-hybridized carbons (Fsp3) is 0.917. The molecule has 0 radical (unpaired) electrons. The van der Waals surface area contributed by atoms with Gasteiger partial charge in [-0.1, -0.05) is 0 Å². The smallest absolute Gasteiger partial charge is 0.237 e. The van der Waals surface area contributed by atoms with Gasteiger partial charge in [-0.2, -0.15) is 0 Å². The van der Waals surface area contributed by atoms with E-state index in [1.54, 1.807) is 7.11 Å². The Bertz CT molecular complexity index is 248. The molecule has 0 bridgehead atoms. The molecule has 1 fully saturated rings. The van der Waals surface area contributed by atoms with Crippen LogP contribution in [0.5, 0.6) is 0 Å². The van der Waals surface area contributed by atoms with E-state index >= 15 is 0 Å². The number of methoxy groups -OCH3 is 1. The zero-order valence-electron chi connectivity index (χ0n) is 11.2. The maximum atomic E-state index is 11.6. The molecular formula is C12H25N3O2. The van der Waals surface area contributed by atoms with Crippen LogP contribution >= 0.6 is 0 Å². The Labute approximate surface area is 104 Å². The summed E-state index contributed by atoms with van der Waals surface area (Å²) in [5.41, 5.74) is 5.01. The second-order valence-electron chi connectivity index (χ2n) is 5.00. The van der Waals surface area contributed by atoms with Crippen LogP contribution in [-0.2, 0) is 9.53 Å². The molecule has 1 rings (SSSR count). The highest BCUT2D eigenvalue weighted by atomic mass is 16.5. The first-order valence-corrected chi connectivity index (χ1v) is 6.30. The van der Waals surface area contributed by atoms with Crippen molar-refractivity contribution in [1.29, 1.82) is 0 Å². The largest absolute Gasteiger partial charge is 0.383 e. The van der Waals surface area contributed by atoms with E-state index in [0.29, 0.717) is 19.2 Å². The van der Waals surface area contributed by atoms with Gasteiger partial charge in [-0.3, -0.25) is 4.79 Å². The molecule has 0 spiro atoms. The van der Waals surface area contributed by atoms with Gasteiger partial charge in [-0.05, 0) is 26.7 Å². The van der Waals surface area contributed by atoms with Crippen molar-refractivity contribution >= 4 is 5.91 Å². The lowest BCUT2D eigenvalue weighted by Crippen LogP contribution is -2.61. The van der Waals surface area contributed by atoms with Crippen molar-refractivity contribution in [2.24, 2.45) is 5.73 Å². The standard InChI is InChI=1S/C12H25N3O2/c1-10(2)15-7-4-12(5-8-15,11(13)16)14-6-9-17-3/h10,14H,4-9H2,1-3H3,(H2,13,16). The molecular weight excluding hydrogens is 218 g/mol. The molecule has 1 aliphatic heterocycles. The molecule has 0 aliphatic carbocycles. The zero-order chi connectivity index (χ0) is 12.9. The van der Waals surface area contributed by atoms with Crippen molar-refractivity contribution in [2.75, 3.05) is 33.4 Å². The highest BCUT2D eigenvalue weighted by Crippen LogP contribution is 2.23. The summed E-state index contributed by atoms with van der Waals surface area (Å²) in [6, 6.07) is 0.528. The number of ether oxygens (including phenoxy) is 1. The van der Waals surface area contributed by atoms with Crippen molar-refractivity contribution in [3.8, 4) is 0 Å². The number of nitrogens with two attached hydrogens (primary N) is 1. The summed E-state index contributed by atoms with van der Waals surface area (Å²) >= 11 is 0. The second-order valence-corrected chi connectivity index (χ2v) is 5.00. The number of carbonyl (C=O) groups is 1. The number of hydrogen-bond donors (Lipinski definition) is 2. The molecule has 1 aliphatic rings. The van der Waals surface area contributed by atoms with Crippen LogP contribution < -0.4 is 11.1 Å². The average Bonchev–Trinajstić information content (AvgIpc) is 2.29. The van der Waals surface area contributed by atoms with Crippen molar-refractivity contribution in [3.63, 3.8) is 0 Å². The summed E-state index contributed by atoms with van der Waals surface area (Å²) < 4.78 is 4.99. The van der Waals surface area contributed by atoms with E-state index in [1.165, 1.54) is 0 Å². The van der Waals surface area contributed by atoms with Gasteiger partial charge in [0.05, 0.1) is 6.61 Å². The minimum absolute atomic E-state index is 0.239. The number of likely N-dealkylation sites (tertiary alicyclic amines) is 1. The summed E-state index contributed by atoms with van der Waals surface area (Å²) in [6.07, 6.45) is 1.56. The Morgan fingerprint density at radius 3 is 2.47 bits per heavy atom. The number of piperidine rings is 1. The van der Waals surface area contributed by atoms with Crippen LogP contribution in [0.25, 0.3) is 0 Å². The number of hydrogen-bond acceptors (Lipinski definition) is 4. The summed E-state index contributed by atoms with van der Waals surface area (Å²) in [5.74, 6) is -0.239. The third kappa shape index (κ3) is 3.66. The number of amides is 1. The van der Waals surface area contributed by atoms with Crippen LogP contribution in [0, 0.1) is 0 Å². The average molecular weight is 243 g/mol. The monoisotopic (exact) mass is 243 g/mol. The maximum absolute atomic E-state index is 11.6. The molecule has 17 heavy (non-hydrogen) atoms. The van der Waals surface area contributed by atoms with E-state index in [4.69, 9.17) is 10.5 Å². The van der Waals surface area contributed by atoms with Crippen LogP contribution in [-0.4, -0.2) is 55.7 Å². The second kappa shape index (κ2) is 6.33. The number of rotatable bonds is 6. The molecule has 3 N–H and O–H groups in total. The van der Waals surface area contributed by atoms with E-state index < -0.39 is 5.54 Å². The van der Waals surface area contributed by atoms with E-state index in [0.717, 1.165) is 25.9 Å². The number of primary amides is 1. The van der Waals surface area contributed by atoms with Crippen molar-refractivity contribution in [1.82, 2.24) is 10.2 Å². The van der Waals surface area contributed by atoms with E-state index in [1.807, 2.05) is 0 Å². The van der Waals surface area contributed by atoms with Gasteiger partial charge in [-0.25, -0.2) is 0 Å². The predicted molar refractivity (Wildman–Crippen MR) is 67.7 cm³/mol. The summed E-state index contributed by atoms with van der Waals surface area (Å²) in [4.78, 5) is 14.0. The molecule has 1 heterocycles. The van der Waals surface area contributed by atoms with Gasteiger partial charge in [0, 0.05) is 32.8 Å². The summed E-state index contributed by atoms with van der Waals surface area (Å²) in [6.45, 7) is 7.45. The van der Waals surface area contributed by atoms with Gasteiger partial charge in [0.15, 0.2) is 0 Å². The lowest BCUT2D eigenvalue weighted by molar-refractivity contribution is -0.126. The van der Waals surface area contributed by atoms with Crippen LogP contribution in [0.15, 0.2) is 0 Å². The molecule has 1 saturated heterocycles. The molecule has 0 unspecified atom stereocenters. The fourth-order valence-electron chi connectivity index (χ4n) is 2.32.